The van der Waals surface area contributed by atoms with Gasteiger partial charge in [-0.05, 0) is 19.4 Å². The number of nitrogens with one attached hydrogen (secondary N) is 2. The van der Waals surface area contributed by atoms with Crippen LogP contribution in [0.3, 0.4) is 0 Å². The van der Waals surface area contributed by atoms with Crippen molar-refractivity contribution in [2.75, 3.05) is 13.6 Å². The molecular weight excluding hydrogens is 142 g/mol. The van der Waals surface area contributed by atoms with Crippen LogP contribution in [-0.2, 0) is 0 Å². The van der Waals surface area contributed by atoms with Crippen molar-refractivity contribution in [3.05, 3.63) is 0 Å². The number of nitrogens with zero attached hydrogens (tertiary/aromatic N) is 3. The maximum absolute atomic E-state index is 3.87. The molecule has 2 heterocycles. The van der Waals surface area contributed by atoms with Crippen molar-refractivity contribution < 1.29 is 0 Å². The minimum absolute atomic E-state index is 0.262. The zero-order valence-corrected chi connectivity index (χ0v) is 6.62. The molecule has 0 saturated carbocycles. The summed E-state index contributed by atoms with van der Waals surface area (Å²) in [4.78, 5) is 0. The molecule has 0 bridgehead atoms. The predicted octanol–water partition coefficient (Wildman–Crippen LogP) is -0.118. The van der Waals surface area contributed by atoms with E-state index in [2.05, 4.69) is 21.2 Å². The van der Waals surface area contributed by atoms with E-state index in [9.17, 15) is 0 Å². The summed E-state index contributed by atoms with van der Waals surface area (Å²) in [6, 6.07) is 0.509. The van der Waals surface area contributed by atoms with Gasteiger partial charge in [-0.2, -0.15) is 0 Å². The summed E-state index contributed by atoms with van der Waals surface area (Å²) < 4.78 is 0. The van der Waals surface area contributed by atoms with Crippen molar-refractivity contribution in [1.82, 2.24) is 15.8 Å². The van der Waals surface area contributed by atoms with Gasteiger partial charge in [0.2, 0.25) is 0 Å². The van der Waals surface area contributed by atoms with Crippen molar-refractivity contribution in [2.45, 2.75) is 25.0 Å². The van der Waals surface area contributed by atoms with Crippen molar-refractivity contribution in [3.8, 4) is 0 Å². The van der Waals surface area contributed by atoms with Crippen LogP contribution in [0.5, 0.6) is 0 Å². The monoisotopic (exact) mass is 155 g/mol. The van der Waals surface area contributed by atoms with Gasteiger partial charge in [-0.25, -0.2) is 0 Å². The summed E-state index contributed by atoms with van der Waals surface area (Å²) in [6.45, 7) is 1.12. The topological polar surface area (TPSA) is 52.0 Å². The van der Waals surface area contributed by atoms with E-state index >= 15 is 0 Å². The Morgan fingerprint density at radius 2 is 2.45 bits per heavy atom. The molecule has 0 aromatic carbocycles. The van der Waals surface area contributed by atoms with Crippen LogP contribution in [-0.4, -0.2) is 30.8 Å². The highest BCUT2D eigenvalue weighted by atomic mass is 15.7. The second-order valence-electron chi connectivity index (χ2n) is 3.04. The SMILES string of the molecule is CN1N=NNC1[C@@H]1CCCN1. The first-order valence-electron chi connectivity index (χ1n) is 4.00. The quantitative estimate of drug-likeness (QED) is 0.555. The Morgan fingerprint density at radius 1 is 1.55 bits per heavy atom. The molecule has 1 fully saturated rings. The molecular formula is C6H13N5. The van der Waals surface area contributed by atoms with Crippen LogP contribution in [0.4, 0.5) is 0 Å². The van der Waals surface area contributed by atoms with E-state index < -0.39 is 0 Å². The second-order valence-corrected chi connectivity index (χ2v) is 3.04. The van der Waals surface area contributed by atoms with Gasteiger partial charge in [0.05, 0.1) is 0 Å². The van der Waals surface area contributed by atoms with Gasteiger partial charge in [0, 0.05) is 13.1 Å². The lowest BCUT2D eigenvalue weighted by Gasteiger charge is -2.22. The Balaban J connectivity index is 1.94. The Bertz CT molecular complexity index is 162. The molecule has 0 aliphatic carbocycles. The smallest absolute Gasteiger partial charge is 0.149 e. The minimum Gasteiger partial charge on any atom is -0.310 e. The summed E-state index contributed by atoms with van der Waals surface area (Å²) in [5.74, 6) is 0. The van der Waals surface area contributed by atoms with Crippen molar-refractivity contribution in [1.29, 1.82) is 0 Å². The molecule has 2 N–H and O–H groups in total. The highest BCUT2D eigenvalue weighted by molar-refractivity contribution is 4.84. The molecule has 5 nitrogen and oxygen atoms in total. The number of rotatable bonds is 1. The highest BCUT2D eigenvalue weighted by Crippen LogP contribution is 2.14. The summed E-state index contributed by atoms with van der Waals surface area (Å²) in [5.41, 5.74) is 2.97. The number of hydrogen-bond acceptors (Lipinski definition) is 5. The summed E-state index contributed by atoms with van der Waals surface area (Å²) in [6.07, 6.45) is 2.74. The van der Waals surface area contributed by atoms with Gasteiger partial charge in [0.15, 0.2) is 0 Å². The largest absolute Gasteiger partial charge is 0.310 e. The number of hydrogen-bond donors (Lipinski definition) is 2. The van der Waals surface area contributed by atoms with Crippen LogP contribution in [0, 0.1) is 0 Å². The fourth-order valence-corrected chi connectivity index (χ4v) is 1.63. The van der Waals surface area contributed by atoms with Crippen LogP contribution < -0.4 is 10.7 Å². The van der Waals surface area contributed by atoms with Crippen LogP contribution in [0.1, 0.15) is 12.8 Å². The average Bonchev–Trinajstić information content (AvgIpc) is 2.55. The second kappa shape index (κ2) is 2.65. The van der Waals surface area contributed by atoms with Crippen LogP contribution in [0.25, 0.3) is 0 Å². The summed E-state index contributed by atoms with van der Waals surface area (Å²) in [7, 11) is 1.94. The molecule has 0 aromatic rings. The van der Waals surface area contributed by atoms with Gasteiger partial charge in [-0.15, -0.1) is 0 Å². The third-order valence-electron chi connectivity index (χ3n) is 2.26. The fourth-order valence-electron chi connectivity index (χ4n) is 1.63. The predicted molar refractivity (Wildman–Crippen MR) is 40.6 cm³/mol. The van der Waals surface area contributed by atoms with E-state index in [1.165, 1.54) is 12.8 Å². The summed E-state index contributed by atoms with van der Waals surface area (Å²) in [5, 5.41) is 12.9. The zero-order valence-electron chi connectivity index (χ0n) is 6.62. The molecule has 11 heavy (non-hydrogen) atoms. The molecule has 1 saturated heterocycles. The Morgan fingerprint density at radius 3 is 3.00 bits per heavy atom. The molecule has 62 valence electrons. The molecule has 0 radical (unpaired) electrons. The highest BCUT2D eigenvalue weighted by Gasteiger charge is 2.29. The molecule has 0 spiro atoms. The molecule has 2 aliphatic rings. The van der Waals surface area contributed by atoms with Crippen molar-refractivity contribution in [2.24, 2.45) is 10.4 Å². The van der Waals surface area contributed by atoms with Crippen LogP contribution in [0.15, 0.2) is 10.4 Å². The normalized spacial score (nSPS) is 36.3. The molecule has 2 aliphatic heterocycles. The first-order chi connectivity index (χ1) is 5.38. The maximum Gasteiger partial charge on any atom is 0.149 e. The minimum atomic E-state index is 0.262. The molecule has 0 aromatic heterocycles. The first kappa shape index (κ1) is 6.84. The Kier molecular flexibility index (Phi) is 1.65. The van der Waals surface area contributed by atoms with E-state index in [1.54, 1.807) is 0 Å². The van der Waals surface area contributed by atoms with Crippen molar-refractivity contribution >= 4 is 0 Å². The maximum atomic E-state index is 3.87. The van der Waals surface area contributed by atoms with Gasteiger partial charge < -0.3 is 5.32 Å². The van der Waals surface area contributed by atoms with Crippen LogP contribution in [0.2, 0.25) is 0 Å². The molecule has 0 amide bonds. The first-order valence-corrected chi connectivity index (χ1v) is 4.00. The van der Waals surface area contributed by atoms with E-state index in [1.807, 2.05) is 12.1 Å². The van der Waals surface area contributed by atoms with Gasteiger partial charge in [0.25, 0.3) is 0 Å². The van der Waals surface area contributed by atoms with E-state index in [4.69, 9.17) is 0 Å². The van der Waals surface area contributed by atoms with Crippen LogP contribution >= 0.6 is 0 Å². The standard InChI is InChI=1S/C6H13N5/c1-11-6(8-9-10-11)5-3-2-4-7-5/h5-7H,2-4H2,1H3,(H,8,10)/t5-,6?/m0/s1. The summed E-state index contributed by atoms with van der Waals surface area (Å²) >= 11 is 0. The number of likely N-dealkylation sites (N-methyl/N-ethyl adjacent to an activating group) is 1. The molecule has 2 rings (SSSR count). The van der Waals surface area contributed by atoms with Gasteiger partial charge in [-0.3, -0.25) is 10.4 Å². The molecule has 5 heteroatoms. The zero-order chi connectivity index (χ0) is 7.68. The lowest BCUT2D eigenvalue weighted by atomic mass is 10.2. The third kappa shape index (κ3) is 1.16. The molecule has 1 unspecified atom stereocenters. The average molecular weight is 155 g/mol. The van der Waals surface area contributed by atoms with E-state index in [0.29, 0.717) is 6.04 Å². The Labute approximate surface area is 65.8 Å². The molecule has 2 atom stereocenters. The lowest BCUT2D eigenvalue weighted by molar-refractivity contribution is 0.217. The third-order valence-corrected chi connectivity index (χ3v) is 2.26. The van der Waals surface area contributed by atoms with Gasteiger partial charge >= 0.3 is 0 Å². The van der Waals surface area contributed by atoms with E-state index in [0.717, 1.165) is 6.54 Å². The van der Waals surface area contributed by atoms with E-state index in [-0.39, 0.29) is 6.17 Å². The Hall–Kier alpha value is -0.840. The fraction of sp³-hybridized carbons (Fsp3) is 1.00. The lowest BCUT2D eigenvalue weighted by Crippen LogP contribution is -2.47. The van der Waals surface area contributed by atoms with Gasteiger partial charge in [-0.1, -0.05) is 10.4 Å². The van der Waals surface area contributed by atoms with Gasteiger partial charge in [0.1, 0.15) is 6.17 Å². The van der Waals surface area contributed by atoms with Crippen molar-refractivity contribution in [3.63, 3.8) is 0 Å².